The van der Waals surface area contributed by atoms with E-state index in [-0.39, 0.29) is 17.5 Å². The molecule has 2 aromatic carbocycles. The molecule has 0 amide bonds. The van der Waals surface area contributed by atoms with Gasteiger partial charge in [0, 0.05) is 23.4 Å². The summed E-state index contributed by atoms with van der Waals surface area (Å²) in [4.78, 5) is 2.26. The maximum absolute atomic E-state index is 10.1. The Hall–Kier alpha value is -3.26. The quantitative estimate of drug-likeness (QED) is 0.613. The first-order valence-electron chi connectivity index (χ1n) is 9.22. The molecular weight excluding hydrogens is 354 g/mol. The number of phenolic OH excluding ortho intramolecular Hbond substituents is 2. The topological polar surface area (TPSA) is 62.2 Å². The number of benzene rings is 2. The lowest BCUT2D eigenvalue weighted by atomic mass is 9.82. The van der Waals surface area contributed by atoms with Crippen LogP contribution in [0.5, 0.6) is 23.0 Å². The predicted octanol–water partition coefficient (Wildman–Crippen LogP) is 3.94. The Bertz CT molecular complexity index is 1060. The van der Waals surface area contributed by atoms with Crippen LogP contribution in [0.4, 0.5) is 0 Å². The lowest BCUT2D eigenvalue weighted by Crippen LogP contribution is -2.36. The second-order valence-corrected chi connectivity index (χ2v) is 6.97. The second-order valence-electron chi connectivity index (χ2n) is 6.97. The van der Waals surface area contributed by atoms with E-state index < -0.39 is 0 Å². The smallest absolute Gasteiger partial charge is 0.167 e. The minimum atomic E-state index is -0.187. The van der Waals surface area contributed by atoms with Gasteiger partial charge in [-0.3, -0.25) is 0 Å². The highest BCUT2D eigenvalue weighted by Crippen LogP contribution is 2.51. The second kappa shape index (κ2) is 6.72. The van der Waals surface area contributed by atoms with Crippen molar-refractivity contribution >= 4 is 11.3 Å². The van der Waals surface area contributed by atoms with Crippen molar-refractivity contribution in [2.75, 3.05) is 20.8 Å². The van der Waals surface area contributed by atoms with Crippen molar-refractivity contribution < 1.29 is 19.7 Å². The number of ether oxygens (including phenoxy) is 2. The highest BCUT2D eigenvalue weighted by Gasteiger charge is 2.37. The zero-order valence-electron chi connectivity index (χ0n) is 16.5. The molecule has 2 aliphatic rings. The van der Waals surface area contributed by atoms with Crippen molar-refractivity contribution in [3.05, 3.63) is 46.5 Å². The summed E-state index contributed by atoms with van der Waals surface area (Å²) in [5.41, 5.74) is 6.12. The molecule has 2 N–H and O–H groups in total. The molecular formula is C23H23NO4. The van der Waals surface area contributed by atoms with E-state index in [1.165, 1.54) is 0 Å². The number of allylic oxidation sites excluding steroid dienone is 1. The van der Waals surface area contributed by atoms with Crippen LogP contribution in [0.25, 0.3) is 11.3 Å². The third-order valence-corrected chi connectivity index (χ3v) is 5.57. The van der Waals surface area contributed by atoms with Gasteiger partial charge in [-0.1, -0.05) is 12.0 Å². The molecule has 0 fully saturated rings. The van der Waals surface area contributed by atoms with Gasteiger partial charge in [0.25, 0.3) is 0 Å². The zero-order valence-corrected chi connectivity index (χ0v) is 16.5. The zero-order chi connectivity index (χ0) is 20.0. The Morgan fingerprint density at radius 1 is 1.07 bits per heavy atom. The van der Waals surface area contributed by atoms with Gasteiger partial charge in [0.15, 0.2) is 23.0 Å². The number of fused-ring (bicyclic) bond motifs is 4. The van der Waals surface area contributed by atoms with Crippen molar-refractivity contribution in [2.24, 2.45) is 0 Å². The Kier molecular flexibility index (Phi) is 4.35. The summed E-state index contributed by atoms with van der Waals surface area (Å²) in [7, 11) is 3.28. The van der Waals surface area contributed by atoms with Gasteiger partial charge in [0.2, 0.25) is 0 Å². The van der Waals surface area contributed by atoms with Gasteiger partial charge in [-0.2, -0.15) is 0 Å². The van der Waals surface area contributed by atoms with E-state index in [2.05, 4.69) is 23.7 Å². The third kappa shape index (κ3) is 2.49. The molecule has 0 aromatic heterocycles. The number of methoxy groups -OCH3 is 2. The molecule has 1 unspecified atom stereocenters. The fraction of sp³-hybridized carbons (Fsp3) is 0.304. The standard InChI is InChI=1S/C23H23NO4/c1-5-6-17-21-15(7-8-20(27-3)23(21)28-4)13(2)22-16-12-19(26)18(25)11-14(16)9-10-24(17)22/h7-8,11-12,17,25-26H,9-10H2,1-4H3. The summed E-state index contributed by atoms with van der Waals surface area (Å²) in [6.45, 7) is 4.66. The van der Waals surface area contributed by atoms with Crippen molar-refractivity contribution in [1.82, 2.24) is 4.90 Å². The summed E-state index contributed by atoms with van der Waals surface area (Å²) in [6, 6.07) is 7.07. The molecule has 0 saturated heterocycles. The monoisotopic (exact) mass is 377 g/mol. The Morgan fingerprint density at radius 3 is 2.50 bits per heavy atom. The van der Waals surface area contributed by atoms with Crippen LogP contribution in [-0.2, 0) is 6.42 Å². The van der Waals surface area contributed by atoms with E-state index in [1.807, 2.05) is 19.1 Å². The first-order valence-corrected chi connectivity index (χ1v) is 9.22. The van der Waals surface area contributed by atoms with Crippen molar-refractivity contribution in [3.63, 3.8) is 0 Å². The van der Waals surface area contributed by atoms with Crippen LogP contribution in [0.3, 0.4) is 0 Å². The highest BCUT2D eigenvalue weighted by molar-refractivity contribution is 5.95. The number of hydrogen-bond donors (Lipinski definition) is 2. The minimum Gasteiger partial charge on any atom is -0.504 e. The van der Waals surface area contributed by atoms with Crippen molar-refractivity contribution in [2.45, 2.75) is 26.3 Å². The summed E-state index contributed by atoms with van der Waals surface area (Å²) >= 11 is 0. The SMILES string of the molecule is CC#CC1c2c(ccc(OC)c2OC)C(C)=C2c3cc(O)c(O)cc3CCN21. The Balaban J connectivity index is 2.05. The molecule has 1 atom stereocenters. The van der Waals surface area contributed by atoms with E-state index >= 15 is 0 Å². The molecule has 28 heavy (non-hydrogen) atoms. The number of nitrogens with zero attached hydrogens (tertiary/aromatic N) is 1. The number of rotatable bonds is 2. The van der Waals surface area contributed by atoms with E-state index in [9.17, 15) is 10.2 Å². The molecule has 4 rings (SSSR count). The molecule has 2 aliphatic heterocycles. The van der Waals surface area contributed by atoms with Gasteiger partial charge in [-0.15, -0.1) is 5.92 Å². The van der Waals surface area contributed by atoms with Gasteiger partial charge < -0.3 is 24.6 Å². The van der Waals surface area contributed by atoms with Crippen LogP contribution in [0, 0.1) is 11.8 Å². The highest BCUT2D eigenvalue weighted by atomic mass is 16.5. The van der Waals surface area contributed by atoms with Crippen LogP contribution in [0.1, 0.15) is 42.1 Å². The van der Waals surface area contributed by atoms with Gasteiger partial charge >= 0.3 is 0 Å². The molecule has 5 nitrogen and oxygen atoms in total. The van der Waals surface area contributed by atoms with Crippen LogP contribution < -0.4 is 9.47 Å². The first kappa shape index (κ1) is 18.1. The molecule has 0 saturated carbocycles. The first-order chi connectivity index (χ1) is 13.5. The molecule has 0 radical (unpaired) electrons. The minimum absolute atomic E-state index is 0.0852. The fourth-order valence-electron chi connectivity index (χ4n) is 4.35. The normalized spacial score (nSPS) is 17.1. The maximum atomic E-state index is 10.1. The molecule has 2 aromatic rings. The van der Waals surface area contributed by atoms with Gasteiger partial charge in [-0.25, -0.2) is 0 Å². The van der Waals surface area contributed by atoms with Crippen LogP contribution >= 0.6 is 0 Å². The summed E-state index contributed by atoms with van der Waals surface area (Å²) < 4.78 is 11.2. The summed E-state index contributed by atoms with van der Waals surface area (Å²) in [5.74, 6) is 7.58. The number of hydrogen-bond acceptors (Lipinski definition) is 5. The Morgan fingerprint density at radius 2 is 1.82 bits per heavy atom. The third-order valence-electron chi connectivity index (χ3n) is 5.57. The average Bonchev–Trinajstić information content (AvgIpc) is 2.70. The largest absolute Gasteiger partial charge is 0.504 e. The predicted molar refractivity (Wildman–Crippen MR) is 108 cm³/mol. The van der Waals surface area contributed by atoms with Gasteiger partial charge in [0.05, 0.1) is 14.2 Å². The van der Waals surface area contributed by atoms with Crippen molar-refractivity contribution in [3.8, 4) is 34.8 Å². The lowest BCUT2D eigenvalue weighted by molar-refractivity contribution is 0.315. The molecule has 0 aliphatic carbocycles. The maximum Gasteiger partial charge on any atom is 0.167 e. The summed E-state index contributed by atoms with van der Waals surface area (Å²) in [6.07, 6.45) is 0.753. The molecule has 2 heterocycles. The average molecular weight is 377 g/mol. The number of aromatic hydroxyl groups is 2. The lowest BCUT2D eigenvalue weighted by Gasteiger charge is -2.43. The van der Waals surface area contributed by atoms with Crippen LogP contribution in [-0.4, -0.2) is 35.9 Å². The van der Waals surface area contributed by atoms with Crippen molar-refractivity contribution in [1.29, 1.82) is 0 Å². The summed E-state index contributed by atoms with van der Waals surface area (Å²) in [5, 5.41) is 20.0. The van der Waals surface area contributed by atoms with E-state index in [0.29, 0.717) is 11.5 Å². The Labute approximate surface area is 164 Å². The fourth-order valence-corrected chi connectivity index (χ4v) is 4.35. The molecule has 5 heteroatoms. The van der Waals surface area contributed by atoms with Crippen LogP contribution in [0.2, 0.25) is 0 Å². The molecule has 0 bridgehead atoms. The van der Waals surface area contributed by atoms with E-state index in [1.54, 1.807) is 26.4 Å². The van der Waals surface area contributed by atoms with Crippen LogP contribution in [0.15, 0.2) is 24.3 Å². The van der Waals surface area contributed by atoms with E-state index in [0.717, 1.165) is 46.5 Å². The van der Waals surface area contributed by atoms with E-state index in [4.69, 9.17) is 9.47 Å². The molecule has 0 spiro atoms. The van der Waals surface area contributed by atoms with Gasteiger partial charge in [-0.05, 0) is 55.2 Å². The van der Waals surface area contributed by atoms with Gasteiger partial charge in [0.1, 0.15) is 6.04 Å². The molecule has 144 valence electrons. The number of phenols is 2.